The molecule has 0 saturated carbocycles. The van der Waals surface area contributed by atoms with Crippen LogP contribution in [0.4, 0.5) is 8.78 Å². The fourth-order valence-electron chi connectivity index (χ4n) is 2.80. The van der Waals surface area contributed by atoms with Gasteiger partial charge in [0.15, 0.2) is 0 Å². The summed E-state index contributed by atoms with van der Waals surface area (Å²) in [5.74, 6) is -0.318. The summed E-state index contributed by atoms with van der Waals surface area (Å²) >= 11 is 0. The third kappa shape index (κ3) is 4.86. The van der Waals surface area contributed by atoms with Gasteiger partial charge in [-0.15, -0.1) is 0 Å². The summed E-state index contributed by atoms with van der Waals surface area (Å²) in [6.45, 7) is 7.19. The van der Waals surface area contributed by atoms with Crippen molar-refractivity contribution in [3.63, 3.8) is 0 Å². The largest absolute Gasteiger partial charge is 0.310 e. The first kappa shape index (κ1) is 17.1. The minimum atomic E-state index is -0.364. The lowest BCUT2D eigenvalue weighted by Crippen LogP contribution is -2.30. The number of nitrogens with one attached hydrogen (secondary N) is 1. The molecule has 0 aliphatic rings. The lowest BCUT2D eigenvalue weighted by Gasteiger charge is -2.28. The van der Waals surface area contributed by atoms with Crippen molar-refractivity contribution in [3.8, 4) is 0 Å². The SMILES string of the molecule is CCCNC(c1cc(F)ccc1F)C(CCC)CCC. The molecule has 1 N–H and O–H groups in total. The van der Waals surface area contributed by atoms with Crippen LogP contribution in [0.5, 0.6) is 0 Å². The van der Waals surface area contributed by atoms with Crippen molar-refractivity contribution in [1.29, 1.82) is 0 Å². The van der Waals surface area contributed by atoms with E-state index in [1.54, 1.807) is 0 Å². The summed E-state index contributed by atoms with van der Waals surface area (Å²) in [6.07, 6.45) is 5.17. The van der Waals surface area contributed by atoms with E-state index in [4.69, 9.17) is 0 Å². The zero-order valence-electron chi connectivity index (χ0n) is 12.9. The van der Waals surface area contributed by atoms with E-state index < -0.39 is 0 Å². The monoisotopic (exact) mass is 283 g/mol. The molecule has 0 aliphatic heterocycles. The van der Waals surface area contributed by atoms with Gasteiger partial charge in [0, 0.05) is 11.6 Å². The third-order valence-corrected chi connectivity index (χ3v) is 3.70. The Bertz CT molecular complexity index is 387. The normalized spacial score (nSPS) is 12.9. The lowest BCUT2D eigenvalue weighted by atomic mass is 9.85. The maximum absolute atomic E-state index is 14.1. The fraction of sp³-hybridized carbons (Fsp3) is 0.647. The molecule has 1 rings (SSSR count). The number of halogens is 2. The van der Waals surface area contributed by atoms with E-state index in [-0.39, 0.29) is 17.7 Å². The number of hydrogen-bond donors (Lipinski definition) is 1. The summed E-state index contributed by atoms with van der Waals surface area (Å²) < 4.78 is 27.6. The molecule has 1 aromatic carbocycles. The van der Waals surface area contributed by atoms with Crippen LogP contribution < -0.4 is 5.32 Å². The van der Waals surface area contributed by atoms with Crippen LogP contribution in [0.15, 0.2) is 18.2 Å². The van der Waals surface area contributed by atoms with Gasteiger partial charge >= 0.3 is 0 Å². The maximum atomic E-state index is 14.1. The van der Waals surface area contributed by atoms with Crippen molar-refractivity contribution in [3.05, 3.63) is 35.4 Å². The molecule has 0 spiro atoms. The summed E-state index contributed by atoms with van der Waals surface area (Å²) in [7, 11) is 0. The van der Waals surface area contributed by atoms with E-state index in [9.17, 15) is 8.78 Å². The zero-order chi connectivity index (χ0) is 15.0. The van der Waals surface area contributed by atoms with Crippen LogP contribution in [0.3, 0.4) is 0 Å². The highest BCUT2D eigenvalue weighted by atomic mass is 19.1. The van der Waals surface area contributed by atoms with Crippen molar-refractivity contribution in [2.75, 3.05) is 6.54 Å². The molecular weight excluding hydrogens is 256 g/mol. The Kier molecular flexibility index (Phi) is 7.75. The average molecular weight is 283 g/mol. The predicted octanol–water partition coefficient (Wildman–Crippen LogP) is 5.22. The van der Waals surface area contributed by atoms with E-state index in [1.807, 2.05) is 0 Å². The average Bonchev–Trinajstić information content (AvgIpc) is 2.43. The molecule has 0 aliphatic carbocycles. The minimum absolute atomic E-state index is 0.0921. The van der Waals surface area contributed by atoms with Gasteiger partial charge in [-0.05, 0) is 49.9 Å². The Hall–Kier alpha value is -0.960. The molecule has 1 unspecified atom stereocenters. The van der Waals surface area contributed by atoms with Gasteiger partial charge in [-0.3, -0.25) is 0 Å². The molecule has 0 bridgehead atoms. The molecule has 0 fully saturated rings. The standard InChI is InChI=1S/C17H27F2N/c1-4-7-13(8-5-2)17(20-11-6-3)15-12-14(18)9-10-16(15)19/h9-10,12-13,17,20H,4-8,11H2,1-3H3. The first-order valence-electron chi connectivity index (χ1n) is 7.82. The molecule has 1 aromatic rings. The molecule has 114 valence electrons. The van der Waals surface area contributed by atoms with Crippen LogP contribution in [0, 0.1) is 17.6 Å². The summed E-state index contributed by atoms with van der Waals surface area (Å²) in [4.78, 5) is 0. The molecule has 0 heterocycles. The van der Waals surface area contributed by atoms with Crippen molar-refractivity contribution < 1.29 is 8.78 Å². The van der Waals surface area contributed by atoms with E-state index in [0.29, 0.717) is 11.5 Å². The smallest absolute Gasteiger partial charge is 0.128 e. The van der Waals surface area contributed by atoms with Crippen LogP contribution in [0.2, 0.25) is 0 Å². The van der Waals surface area contributed by atoms with E-state index >= 15 is 0 Å². The van der Waals surface area contributed by atoms with Crippen molar-refractivity contribution in [2.45, 2.75) is 58.9 Å². The second kappa shape index (κ2) is 9.06. The van der Waals surface area contributed by atoms with Crippen LogP contribution in [0.25, 0.3) is 0 Å². The highest BCUT2D eigenvalue weighted by molar-refractivity contribution is 5.23. The molecule has 1 atom stereocenters. The second-order valence-corrected chi connectivity index (χ2v) is 5.44. The van der Waals surface area contributed by atoms with Crippen LogP contribution in [-0.4, -0.2) is 6.54 Å². The van der Waals surface area contributed by atoms with Crippen LogP contribution in [0.1, 0.15) is 64.5 Å². The number of rotatable bonds is 9. The van der Waals surface area contributed by atoms with Gasteiger partial charge in [-0.25, -0.2) is 8.78 Å². The molecule has 3 heteroatoms. The van der Waals surface area contributed by atoms with Crippen molar-refractivity contribution in [1.82, 2.24) is 5.32 Å². The molecular formula is C17H27F2N. The van der Waals surface area contributed by atoms with Gasteiger partial charge in [0.05, 0.1) is 0 Å². The lowest BCUT2D eigenvalue weighted by molar-refractivity contribution is 0.308. The Morgan fingerprint density at radius 1 is 1.00 bits per heavy atom. The van der Waals surface area contributed by atoms with Crippen LogP contribution >= 0.6 is 0 Å². The van der Waals surface area contributed by atoms with Crippen molar-refractivity contribution >= 4 is 0 Å². The van der Waals surface area contributed by atoms with Gasteiger partial charge in [-0.2, -0.15) is 0 Å². The van der Waals surface area contributed by atoms with Gasteiger partial charge < -0.3 is 5.32 Å². The quantitative estimate of drug-likeness (QED) is 0.655. The fourth-order valence-corrected chi connectivity index (χ4v) is 2.80. The summed E-state index contributed by atoms with van der Waals surface area (Å²) in [5.41, 5.74) is 0.477. The van der Waals surface area contributed by atoms with Crippen LogP contribution in [-0.2, 0) is 0 Å². The number of benzene rings is 1. The van der Waals surface area contributed by atoms with E-state index in [2.05, 4.69) is 26.1 Å². The van der Waals surface area contributed by atoms with Gasteiger partial charge in [0.1, 0.15) is 11.6 Å². The summed E-state index contributed by atoms with van der Waals surface area (Å²) in [5, 5.41) is 3.42. The zero-order valence-corrected chi connectivity index (χ0v) is 12.9. The Morgan fingerprint density at radius 2 is 1.65 bits per heavy atom. The molecule has 0 aromatic heterocycles. The van der Waals surface area contributed by atoms with E-state index in [1.165, 1.54) is 18.2 Å². The highest BCUT2D eigenvalue weighted by Crippen LogP contribution is 2.31. The van der Waals surface area contributed by atoms with Gasteiger partial charge in [0.2, 0.25) is 0 Å². The number of hydrogen-bond acceptors (Lipinski definition) is 1. The maximum Gasteiger partial charge on any atom is 0.128 e. The Morgan fingerprint density at radius 3 is 2.20 bits per heavy atom. The molecule has 1 nitrogen and oxygen atoms in total. The molecule has 0 radical (unpaired) electrons. The third-order valence-electron chi connectivity index (χ3n) is 3.70. The van der Waals surface area contributed by atoms with Crippen molar-refractivity contribution in [2.24, 2.45) is 5.92 Å². The van der Waals surface area contributed by atoms with Gasteiger partial charge in [-0.1, -0.05) is 33.6 Å². The second-order valence-electron chi connectivity index (χ2n) is 5.44. The molecule has 0 saturated heterocycles. The molecule has 0 amide bonds. The first-order valence-corrected chi connectivity index (χ1v) is 7.82. The first-order chi connectivity index (χ1) is 9.63. The molecule has 20 heavy (non-hydrogen) atoms. The minimum Gasteiger partial charge on any atom is -0.310 e. The Balaban J connectivity index is 3.04. The topological polar surface area (TPSA) is 12.0 Å². The summed E-state index contributed by atoms with van der Waals surface area (Å²) in [6, 6.07) is 3.68. The predicted molar refractivity (Wildman–Crippen MR) is 80.7 cm³/mol. The highest BCUT2D eigenvalue weighted by Gasteiger charge is 2.24. The van der Waals surface area contributed by atoms with Gasteiger partial charge in [0.25, 0.3) is 0 Å². The van der Waals surface area contributed by atoms with E-state index in [0.717, 1.165) is 38.6 Å². The Labute approximate surface area is 121 Å².